The molecule has 0 fully saturated rings. The van der Waals surface area contributed by atoms with Gasteiger partial charge in [0.1, 0.15) is 0 Å². The van der Waals surface area contributed by atoms with Gasteiger partial charge in [-0.15, -0.1) is 0 Å². The van der Waals surface area contributed by atoms with E-state index in [9.17, 15) is 5.11 Å². The van der Waals surface area contributed by atoms with E-state index in [-0.39, 0.29) is 6.10 Å². The lowest BCUT2D eigenvalue weighted by molar-refractivity contribution is 0.156. The van der Waals surface area contributed by atoms with E-state index in [1.54, 1.807) is 0 Å². The summed E-state index contributed by atoms with van der Waals surface area (Å²) in [6.07, 6.45) is 11.1. The minimum atomic E-state index is -0.280. The van der Waals surface area contributed by atoms with Crippen molar-refractivity contribution >= 4 is 0 Å². The van der Waals surface area contributed by atoms with Crippen LogP contribution in [0.25, 0.3) is 0 Å². The lowest BCUT2D eigenvalue weighted by Crippen LogP contribution is -2.15. The Morgan fingerprint density at radius 1 is 1.17 bits per heavy atom. The molecule has 1 nitrogen and oxygen atoms in total. The molecule has 2 unspecified atom stereocenters. The zero-order valence-electron chi connectivity index (χ0n) is 13.0. The Morgan fingerprint density at radius 3 is 2.39 bits per heavy atom. The molecule has 1 N–H and O–H groups in total. The van der Waals surface area contributed by atoms with Gasteiger partial charge in [0.25, 0.3) is 0 Å². The summed E-state index contributed by atoms with van der Waals surface area (Å²) in [6.45, 7) is 10.7. The van der Waals surface area contributed by atoms with E-state index in [1.807, 2.05) is 0 Å². The maximum atomic E-state index is 10.1. The van der Waals surface area contributed by atoms with Gasteiger partial charge >= 0.3 is 0 Å². The summed E-state index contributed by atoms with van der Waals surface area (Å²) in [7, 11) is 0. The Labute approximate surface area is 114 Å². The van der Waals surface area contributed by atoms with Crippen LogP contribution in [0.5, 0.6) is 0 Å². The number of rotatable bonds is 9. The average Bonchev–Trinajstić information content (AvgIpc) is 2.28. The maximum absolute atomic E-state index is 10.1. The molecule has 0 bridgehead atoms. The van der Waals surface area contributed by atoms with Crippen LogP contribution in [0.2, 0.25) is 0 Å². The molecule has 0 rings (SSSR count). The van der Waals surface area contributed by atoms with E-state index in [0.29, 0.717) is 5.92 Å². The quantitative estimate of drug-likeness (QED) is 0.438. The Kier molecular flexibility index (Phi) is 10.0. The summed E-state index contributed by atoms with van der Waals surface area (Å²) in [5.41, 5.74) is 2.70. The van der Waals surface area contributed by atoms with Crippen molar-refractivity contribution in [2.45, 2.75) is 79.2 Å². The Bertz CT molecular complexity index is 259. The molecule has 18 heavy (non-hydrogen) atoms. The molecule has 106 valence electrons. The smallest absolute Gasteiger partial charge is 0.0749 e. The van der Waals surface area contributed by atoms with Crippen molar-refractivity contribution in [2.24, 2.45) is 5.92 Å². The van der Waals surface area contributed by atoms with Crippen molar-refractivity contribution in [2.75, 3.05) is 0 Å². The van der Waals surface area contributed by atoms with Crippen molar-refractivity contribution in [1.29, 1.82) is 0 Å². The van der Waals surface area contributed by atoms with Crippen LogP contribution in [0, 0.1) is 5.92 Å². The van der Waals surface area contributed by atoms with Crippen LogP contribution in [0.4, 0.5) is 0 Å². The van der Waals surface area contributed by atoms with Crippen molar-refractivity contribution < 1.29 is 5.11 Å². The molecule has 0 saturated carbocycles. The zero-order chi connectivity index (χ0) is 14.0. The molecule has 0 radical (unpaired) electrons. The third kappa shape index (κ3) is 9.47. The van der Waals surface area contributed by atoms with E-state index in [4.69, 9.17) is 0 Å². The number of aliphatic hydroxyl groups is 1. The fourth-order valence-electron chi connectivity index (χ4n) is 2.00. The first-order valence-electron chi connectivity index (χ1n) is 7.46. The summed E-state index contributed by atoms with van der Waals surface area (Å²) in [5.74, 6) is 0.349. The fraction of sp³-hybridized carbons (Fsp3) is 0.765. The average molecular weight is 252 g/mol. The minimum Gasteiger partial charge on any atom is -0.389 e. The van der Waals surface area contributed by atoms with Gasteiger partial charge in [0.05, 0.1) is 6.10 Å². The Morgan fingerprint density at radius 2 is 1.83 bits per heavy atom. The van der Waals surface area contributed by atoms with Crippen LogP contribution in [-0.4, -0.2) is 11.2 Å². The fourth-order valence-corrected chi connectivity index (χ4v) is 2.00. The molecule has 0 amide bonds. The number of unbranched alkanes of at least 4 members (excludes halogenated alkanes) is 2. The summed E-state index contributed by atoms with van der Waals surface area (Å²) in [5, 5.41) is 10.1. The number of hydrogen-bond donors (Lipinski definition) is 1. The molecule has 2 atom stereocenters. The molecule has 0 aromatic carbocycles. The molecule has 0 aliphatic rings. The number of aliphatic hydroxyl groups excluding tert-OH is 1. The largest absolute Gasteiger partial charge is 0.389 e. The van der Waals surface area contributed by atoms with E-state index in [1.165, 1.54) is 30.4 Å². The van der Waals surface area contributed by atoms with Crippen LogP contribution in [0.15, 0.2) is 23.3 Å². The first kappa shape index (κ1) is 17.4. The van der Waals surface area contributed by atoms with Crippen LogP contribution in [0.1, 0.15) is 73.1 Å². The van der Waals surface area contributed by atoms with Crippen molar-refractivity contribution in [3.8, 4) is 0 Å². The number of allylic oxidation sites excluding steroid dienone is 3. The highest BCUT2D eigenvalue weighted by molar-refractivity contribution is 5.03. The third-order valence-corrected chi connectivity index (χ3v) is 3.39. The van der Waals surface area contributed by atoms with Gasteiger partial charge in [-0.3, -0.25) is 0 Å². The standard InChI is InChI=1S/C17H32O/c1-6-7-8-11-15(4)13-17(18)16(5)12-9-10-14(2)3/h10,13,16-18H,6-9,11-12H2,1-5H3/b15-13+. The predicted octanol–water partition coefficient (Wildman–Crippen LogP) is 5.26. The highest BCUT2D eigenvalue weighted by atomic mass is 16.3. The van der Waals surface area contributed by atoms with Gasteiger partial charge in [-0.25, -0.2) is 0 Å². The summed E-state index contributed by atoms with van der Waals surface area (Å²) in [6, 6.07) is 0. The molecule has 0 spiro atoms. The first-order valence-corrected chi connectivity index (χ1v) is 7.46. The second-order valence-electron chi connectivity index (χ2n) is 5.80. The van der Waals surface area contributed by atoms with Gasteiger partial charge in [-0.1, -0.05) is 50.0 Å². The monoisotopic (exact) mass is 252 g/mol. The van der Waals surface area contributed by atoms with Crippen molar-refractivity contribution in [3.63, 3.8) is 0 Å². The normalized spacial score (nSPS) is 15.3. The highest BCUT2D eigenvalue weighted by Gasteiger charge is 2.10. The third-order valence-electron chi connectivity index (χ3n) is 3.39. The van der Waals surface area contributed by atoms with Crippen molar-refractivity contribution in [3.05, 3.63) is 23.3 Å². The SMILES string of the molecule is CCCCC/C(C)=C/C(O)C(C)CCC=C(C)C. The topological polar surface area (TPSA) is 20.2 Å². The van der Waals surface area contributed by atoms with Crippen molar-refractivity contribution in [1.82, 2.24) is 0 Å². The van der Waals surface area contributed by atoms with Crippen LogP contribution >= 0.6 is 0 Å². The molecule has 1 heteroatoms. The highest BCUT2D eigenvalue weighted by Crippen LogP contribution is 2.16. The summed E-state index contributed by atoms with van der Waals surface area (Å²) in [4.78, 5) is 0. The van der Waals surface area contributed by atoms with Gasteiger partial charge in [0, 0.05) is 0 Å². The van der Waals surface area contributed by atoms with Crippen LogP contribution in [-0.2, 0) is 0 Å². The molecule has 0 aromatic heterocycles. The first-order chi connectivity index (χ1) is 8.47. The van der Waals surface area contributed by atoms with E-state index < -0.39 is 0 Å². The van der Waals surface area contributed by atoms with Crippen LogP contribution in [0.3, 0.4) is 0 Å². The lowest BCUT2D eigenvalue weighted by Gasteiger charge is -2.16. The zero-order valence-corrected chi connectivity index (χ0v) is 13.0. The molecular weight excluding hydrogens is 220 g/mol. The second kappa shape index (κ2) is 10.4. The lowest BCUT2D eigenvalue weighted by atomic mass is 9.96. The van der Waals surface area contributed by atoms with Gasteiger partial charge in [-0.05, 0) is 52.4 Å². The van der Waals surface area contributed by atoms with Gasteiger partial charge in [0.2, 0.25) is 0 Å². The molecule has 0 saturated heterocycles. The van der Waals surface area contributed by atoms with Crippen LogP contribution < -0.4 is 0 Å². The summed E-state index contributed by atoms with van der Waals surface area (Å²) >= 11 is 0. The van der Waals surface area contributed by atoms with Gasteiger partial charge in [-0.2, -0.15) is 0 Å². The molecule has 0 aliphatic heterocycles. The predicted molar refractivity (Wildman–Crippen MR) is 81.7 cm³/mol. The second-order valence-corrected chi connectivity index (χ2v) is 5.80. The minimum absolute atomic E-state index is 0.280. The summed E-state index contributed by atoms with van der Waals surface area (Å²) < 4.78 is 0. The van der Waals surface area contributed by atoms with Gasteiger partial charge < -0.3 is 5.11 Å². The molecule has 0 heterocycles. The van der Waals surface area contributed by atoms with E-state index in [2.05, 4.69) is 46.8 Å². The molecular formula is C17H32O. The Balaban J connectivity index is 4.00. The van der Waals surface area contributed by atoms with E-state index >= 15 is 0 Å². The van der Waals surface area contributed by atoms with Gasteiger partial charge in [0.15, 0.2) is 0 Å². The molecule has 0 aromatic rings. The number of hydrogen-bond acceptors (Lipinski definition) is 1. The maximum Gasteiger partial charge on any atom is 0.0749 e. The molecule has 0 aliphatic carbocycles. The Hall–Kier alpha value is -0.560. The van der Waals surface area contributed by atoms with E-state index in [0.717, 1.165) is 19.3 Å².